The fraction of sp³-hybridized carbons (Fsp3) is 0.545. The van der Waals surface area contributed by atoms with E-state index in [0.717, 1.165) is 39.1 Å². The van der Waals surface area contributed by atoms with Gasteiger partial charge >= 0.3 is 0 Å². The first-order chi connectivity index (χ1) is 14.1. The highest BCUT2D eigenvalue weighted by Gasteiger charge is 2.39. The molecule has 0 unspecified atom stereocenters. The topological polar surface area (TPSA) is 83.4 Å². The number of hydrogen-bond acceptors (Lipinski definition) is 5. The second-order valence-electron chi connectivity index (χ2n) is 7.98. The van der Waals surface area contributed by atoms with E-state index in [9.17, 15) is 10.1 Å². The Kier molecular flexibility index (Phi) is 5.74. The summed E-state index contributed by atoms with van der Waals surface area (Å²) in [5.41, 5.74) is 0.593. The molecule has 7 heteroatoms. The Bertz CT molecular complexity index is 882. The number of amides is 1. The zero-order valence-corrected chi connectivity index (χ0v) is 16.9. The van der Waals surface area contributed by atoms with Crippen LogP contribution in [0.3, 0.4) is 0 Å². The molecule has 0 atom stereocenters. The largest absolute Gasteiger partial charge is 0.443 e. The van der Waals surface area contributed by atoms with Gasteiger partial charge in [0.2, 0.25) is 5.88 Å². The number of hydrogen-bond donors (Lipinski definition) is 1. The smallest absolute Gasteiger partial charge is 0.256 e. The van der Waals surface area contributed by atoms with Crippen LogP contribution in [0.1, 0.15) is 53.8 Å². The standard InChI is InChI=1S/C22H28N4O3/c1-17-19(18(15-23)21(29-17)25-9-5-6-10-25)20(27)24-16-22(7-3-2-4-8-22)26-11-13-28-14-12-26/h5-6,9-10H,2-4,7-8,11-14,16H2,1H3,(H,24,27). The van der Waals surface area contributed by atoms with Crippen molar-refractivity contribution in [2.24, 2.45) is 0 Å². The van der Waals surface area contributed by atoms with Crippen LogP contribution in [0, 0.1) is 18.3 Å². The summed E-state index contributed by atoms with van der Waals surface area (Å²) in [4.78, 5) is 15.6. The van der Waals surface area contributed by atoms with Gasteiger partial charge in [0, 0.05) is 37.6 Å². The zero-order valence-electron chi connectivity index (χ0n) is 16.9. The first kappa shape index (κ1) is 19.7. The van der Waals surface area contributed by atoms with Crippen molar-refractivity contribution in [2.75, 3.05) is 32.8 Å². The maximum Gasteiger partial charge on any atom is 0.256 e. The summed E-state index contributed by atoms with van der Waals surface area (Å²) < 4.78 is 13.0. The molecule has 0 radical (unpaired) electrons. The SMILES string of the molecule is Cc1oc(-n2cccc2)c(C#N)c1C(=O)NCC1(N2CCOCC2)CCCCC1. The molecule has 1 N–H and O–H groups in total. The molecular weight excluding hydrogens is 368 g/mol. The van der Waals surface area contributed by atoms with E-state index in [-0.39, 0.29) is 17.0 Å². The summed E-state index contributed by atoms with van der Waals surface area (Å²) in [5, 5.41) is 12.8. The highest BCUT2D eigenvalue weighted by molar-refractivity contribution is 5.98. The second-order valence-corrected chi connectivity index (χ2v) is 7.98. The van der Waals surface area contributed by atoms with Crippen LogP contribution in [0.15, 0.2) is 28.9 Å². The minimum absolute atomic E-state index is 0.0224. The van der Waals surface area contributed by atoms with Gasteiger partial charge < -0.3 is 14.5 Å². The van der Waals surface area contributed by atoms with Gasteiger partial charge in [-0.15, -0.1) is 0 Å². The third-order valence-electron chi connectivity index (χ3n) is 6.29. The van der Waals surface area contributed by atoms with E-state index in [1.807, 2.05) is 12.1 Å². The number of carbonyl (C=O) groups is 1. The number of aromatic nitrogens is 1. The fourth-order valence-corrected chi connectivity index (χ4v) is 4.74. The first-order valence-electron chi connectivity index (χ1n) is 10.4. The van der Waals surface area contributed by atoms with Gasteiger partial charge in [0.05, 0.1) is 13.2 Å². The summed E-state index contributed by atoms with van der Waals surface area (Å²) >= 11 is 0. The van der Waals surface area contributed by atoms with Crippen molar-refractivity contribution >= 4 is 5.91 Å². The molecule has 1 saturated heterocycles. The van der Waals surface area contributed by atoms with E-state index in [2.05, 4.69) is 16.3 Å². The molecule has 1 saturated carbocycles. The van der Waals surface area contributed by atoms with Crippen molar-refractivity contribution in [1.82, 2.24) is 14.8 Å². The molecule has 2 aromatic rings. The number of morpholine rings is 1. The first-order valence-corrected chi connectivity index (χ1v) is 10.4. The highest BCUT2D eigenvalue weighted by Crippen LogP contribution is 2.34. The van der Waals surface area contributed by atoms with E-state index >= 15 is 0 Å². The van der Waals surface area contributed by atoms with Gasteiger partial charge in [0.1, 0.15) is 23.0 Å². The Morgan fingerprint density at radius 2 is 1.90 bits per heavy atom. The monoisotopic (exact) mass is 396 g/mol. The van der Waals surface area contributed by atoms with Gasteiger partial charge in [-0.25, -0.2) is 0 Å². The van der Waals surface area contributed by atoms with Crippen molar-refractivity contribution < 1.29 is 13.9 Å². The Morgan fingerprint density at radius 1 is 1.21 bits per heavy atom. The van der Waals surface area contributed by atoms with Crippen molar-refractivity contribution in [3.63, 3.8) is 0 Å². The van der Waals surface area contributed by atoms with Crippen LogP contribution in [0.25, 0.3) is 5.88 Å². The van der Waals surface area contributed by atoms with E-state index in [4.69, 9.17) is 9.15 Å². The van der Waals surface area contributed by atoms with Gasteiger partial charge in [-0.1, -0.05) is 19.3 Å². The normalized spacial score (nSPS) is 19.6. The maximum absolute atomic E-state index is 13.1. The van der Waals surface area contributed by atoms with Crippen LogP contribution >= 0.6 is 0 Å². The lowest BCUT2D eigenvalue weighted by atomic mass is 9.79. The van der Waals surface area contributed by atoms with Crippen molar-refractivity contribution in [2.45, 2.75) is 44.6 Å². The molecule has 2 fully saturated rings. The number of carbonyl (C=O) groups excluding carboxylic acids is 1. The van der Waals surface area contributed by atoms with Crippen molar-refractivity contribution in [3.8, 4) is 12.0 Å². The third kappa shape index (κ3) is 3.83. The molecule has 154 valence electrons. The fourth-order valence-electron chi connectivity index (χ4n) is 4.74. The van der Waals surface area contributed by atoms with E-state index in [0.29, 0.717) is 23.8 Å². The lowest BCUT2D eigenvalue weighted by Crippen LogP contribution is -2.59. The quantitative estimate of drug-likeness (QED) is 0.840. The molecule has 0 spiro atoms. The summed E-state index contributed by atoms with van der Waals surface area (Å²) in [6, 6.07) is 5.87. The van der Waals surface area contributed by atoms with Crippen LogP contribution in [0.4, 0.5) is 0 Å². The number of ether oxygens (including phenoxy) is 1. The number of nitrogens with one attached hydrogen (secondary N) is 1. The van der Waals surface area contributed by atoms with Gasteiger partial charge in [-0.3, -0.25) is 14.3 Å². The van der Waals surface area contributed by atoms with Gasteiger partial charge in [0.15, 0.2) is 0 Å². The molecule has 0 bridgehead atoms. The Balaban J connectivity index is 1.55. The summed E-state index contributed by atoms with van der Waals surface area (Å²) in [7, 11) is 0. The molecule has 1 aliphatic carbocycles. The summed E-state index contributed by atoms with van der Waals surface area (Å²) in [6.45, 7) is 5.62. The average molecular weight is 396 g/mol. The number of nitriles is 1. The Hall–Kier alpha value is -2.56. The molecule has 3 heterocycles. The number of furan rings is 1. The van der Waals surface area contributed by atoms with Crippen LogP contribution in [-0.4, -0.2) is 53.8 Å². The predicted octanol–water partition coefficient (Wildman–Crippen LogP) is 3.02. The molecule has 29 heavy (non-hydrogen) atoms. The number of rotatable bonds is 5. The molecule has 4 rings (SSSR count). The molecule has 1 amide bonds. The van der Waals surface area contributed by atoms with E-state index in [1.165, 1.54) is 19.3 Å². The minimum Gasteiger partial charge on any atom is -0.443 e. The van der Waals surface area contributed by atoms with E-state index in [1.54, 1.807) is 23.9 Å². The van der Waals surface area contributed by atoms with E-state index < -0.39 is 0 Å². The lowest BCUT2D eigenvalue weighted by molar-refractivity contribution is -0.0361. The second kappa shape index (κ2) is 8.44. The maximum atomic E-state index is 13.1. The highest BCUT2D eigenvalue weighted by atomic mass is 16.5. The molecule has 1 aliphatic heterocycles. The molecule has 2 aliphatic rings. The molecular formula is C22H28N4O3. The van der Waals surface area contributed by atoms with Crippen molar-refractivity contribution in [1.29, 1.82) is 5.26 Å². The summed E-state index contributed by atoms with van der Waals surface area (Å²) in [5.74, 6) is 0.618. The van der Waals surface area contributed by atoms with Gasteiger partial charge in [-0.05, 0) is 31.9 Å². The molecule has 0 aromatic carbocycles. The van der Waals surface area contributed by atoms with Crippen LogP contribution < -0.4 is 5.32 Å². The zero-order chi connectivity index (χ0) is 20.3. The number of aryl methyl sites for hydroxylation is 1. The van der Waals surface area contributed by atoms with Crippen LogP contribution in [-0.2, 0) is 4.74 Å². The Labute approximate surface area is 171 Å². The van der Waals surface area contributed by atoms with Crippen LogP contribution in [0.5, 0.6) is 0 Å². The number of nitrogens with zero attached hydrogens (tertiary/aromatic N) is 3. The summed E-state index contributed by atoms with van der Waals surface area (Å²) in [6.07, 6.45) is 9.37. The van der Waals surface area contributed by atoms with Gasteiger partial charge in [-0.2, -0.15) is 5.26 Å². The van der Waals surface area contributed by atoms with Gasteiger partial charge in [0.25, 0.3) is 5.91 Å². The van der Waals surface area contributed by atoms with Crippen LogP contribution in [0.2, 0.25) is 0 Å². The average Bonchev–Trinajstić information content (AvgIpc) is 3.41. The minimum atomic E-state index is -0.237. The molecule has 7 nitrogen and oxygen atoms in total. The molecule has 2 aromatic heterocycles. The Morgan fingerprint density at radius 3 is 2.55 bits per heavy atom. The lowest BCUT2D eigenvalue weighted by Gasteiger charge is -2.48. The predicted molar refractivity (Wildman–Crippen MR) is 108 cm³/mol. The third-order valence-corrected chi connectivity index (χ3v) is 6.29. The van der Waals surface area contributed by atoms with Crippen molar-refractivity contribution in [3.05, 3.63) is 41.4 Å².